The molecule has 4 nitrogen and oxygen atoms in total. The second-order valence-electron chi connectivity index (χ2n) is 3.22. The Morgan fingerprint density at radius 2 is 2.27 bits per heavy atom. The lowest BCUT2D eigenvalue weighted by Gasteiger charge is -2.06. The molecule has 0 saturated heterocycles. The topological polar surface area (TPSA) is 76.1 Å². The molecule has 0 atom stereocenters. The van der Waals surface area contributed by atoms with Crippen LogP contribution in [0.4, 0.5) is 5.69 Å². The van der Waals surface area contributed by atoms with Gasteiger partial charge in [-0.1, -0.05) is 0 Å². The molecule has 0 aromatic heterocycles. The van der Waals surface area contributed by atoms with E-state index in [-0.39, 0.29) is 12.4 Å². The maximum Gasteiger partial charge on any atom is 0.309 e. The number of methoxy groups -OCH3 is 1. The van der Waals surface area contributed by atoms with Gasteiger partial charge in [-0.2, -0.15) is 5.26 Å². The highest BCUT2D eigenvalue weighted by atomic mass is 16.5. The number of hydrogen-bond donors (Lipinski definition) is 1. The van der Waals surface area contributed by atoms with E-state index in [4.69, 9.17) is 11.0 Å². The van der Waals surface area contributed by atoms with Crippen molar-refractivity contribution in [2.24, 2.45) is 0 Å². The summed E-state index contributed by atoms with van der Waals surface area (Å²) < 4.78 is 4.54. The van der Waals surface area contributed by atoms with Crippen LogP contribution in [-0.4, -0.2) is 13.1 Å². The van der Waals surface area contributed by atoms with Crippen LogP contribution in [0.5, 0.6) is 0 Å². The molecular weight excluding hydrogens is 192 g/mol. The molecule has 78 valence electrons. The minimum atomic E-state index is -0.345. The number of nitrogen functional groups attached to an aromatic ring is 1. The van der Waals surface area contributed by atoms with E-state index in [0.29, 0.717) is 16.8 Å². The Balaban J connectivity index is 3.07. The first kappa shape index (κ1) is 11.1. The van der Waals surface area contributed by atoms with Crippen molar-refractivity contribution in [3.63, 3.8) is 0 Å². The molecule has 15 heavy (non-hydrogen) atoms. The van der Waals surface area contributed by atoms with Crippen LogP contribution in [0.1, 0.15) is 16.7 Å². The summed E-state index contributed by atoms with van der Waals surface area (Å²) in [7, 11) is 1.32. The summed E-state index contributed by atoms with van der Waals surface area (Å²) in [6, 6.07) is 5.38. The molecule has 0 aliphatic heterocycles. The molecule has 0 spiro atoms. The van der Waals surface area contributed by atoms with Crippen molar-refractivity contribution in [1.82, 2.24) is 0 Å². The van der Waals surface area contributed by atoms with E-state index in [0.717, 1.165) is 5.56 Å². The highest BCUT2D eigenvalue weighted by Crippen LogP contribution is 2.18. The molecule has 0 heterocycles. The second kappa shape index (κ2) is 4.47. The van der Waals surface area contributed by atoms with Gasteiger partial charge in [0.25, 0.3) is 0 Å². The lowest BCUT2D eigenvalue weighted by atomic mass is 10.0. The largest absolute Gasteiger partial charge is 0.469 e. The number of rotatable bonds is 2. The molecule has 2 N–H and O–H groups in total. The summed E-state index contributed by atoms with van der Waals surface area (Å²) in [5.74, 6) is -0.345. The smallest absolute Gasteiger partial charge is 0.309 e. The summed E-state index contributed by atoms with van der Waals surface area (Å²) in [6.45, 7) is 1.77. The fraction of sp³-hybridized carbons (Fsp3) is 0.273. The second-order valence-corrected chi connectivity index (χ2v) is 3.22. The molecule has 1 rings (SSSR count). The van der Waals surface area contributed by atoms with Crippen molar-refractivity contribution in [3.8, 4) is 6.07 Å². The lowest BCUT2D eigenvalue weighted by Crippen LogP contribution is -2.06. The SMILES string of the molecule is COC(=O)Cc1cc(N)c(C)c(C#N)c1. The first-order valence-electron chi connectivity index (χ1n) is 4.44. The zero-order valence-corrected chi connectivity index (χ0v) is 8.70. The number of esters is 1. The van der Waals surface area contributed by atoms with Crippen molar-refractivity contribution in [2.75, 3.05) is 12.8 Å². The van der Waals surface area contributed by atoms with Crippen LogP contribution < -0.4 is 5.73 Å². The van der Waals surface area contributed by atoms with Crippen LogP contribution in [0.2, 0.25) is 0 Å². The van der Waals surface area contributed by atoms with Gasteiger partial charge in [-0.25, -0.2) is 0 Å². The molecule has 0 bridgehead atoms. The maximum atomic E-state index is 11.0. The van der Waals surface area contributed by atoms with Crippen molar-refractivity contribution < 1.29 is 9.53 Å². The van der Waals surface area contributed by atoms with Crippen molar-refractivity contribution in [3.05, 3.63) is 28.8 Å². The number of nitrogens with two attached hydrogens (primary N) is 1. The number of carbonyl (C=O) groups excluding carboxylic acids is 1. The number of ether oxygens (including phenoxy) is 1. The van der Waals surface area contributed by atoms with Gasteiger partial charge in [0.05, 0.1) is 25.2 Å². The van der Waals surface area contributed by atoms with E-state index in [1.54, 1.807) is 19.1 Å². The Morgan fingerprint density at radius 1 is 1.60 bits per heavy atom. The van der Waals surface area contributed by atoms with E-state index < -0.39 is 0 Å². The number of carbonyl (C=O) groups is 1. The molecule has 4 heteroatoms. The third-order valence-electron chi connectivity index (χ3n) is 2.20. The molecule has 0 aliphatic carbocycles. The Bertz CT molecular complexity index is 433. The normalized spacial score (nSPS) is 9.40. The number of nitrogens with zero attached hydrogens (tertiary/aromatic N) is 1. The quantitative estimate of drug-likeness (QED) is 0.579. The monoisotopic (exact) mass is 204 g/mol. The number of nitriles is 1. The summed E-state index contributed by atoms with van der Waals surface area (Å²) in [5.41, 5.74) is 8.16. The van der Waals surface area contributed by atoms with Gasteiger partial charge in [-0.05, 0) is 30.2 Å². The van der Waals surface area contributed by atoms with Crippen LogP contribution in [0.25, 0.3) is 0 Å². The van der Waals surface area contributed by atoms with E-state index >= 15 is 0 Å². The predicted molar refractivity (Wildman–Crippen MR) is 56.0 cm³/mol. The van der Waals surface area contributed by atoms with Gasteiger partial charge >= 0.3 is 5.97 Å². The van der Waals surface area contributed by atoms with Crippen LogP contribution in [0, 0.1) is 18.3 Å². The van der Waals surface area contributed by atoms with Gasteiger partial charge in [0.2, 0.25) is 0 Å². The molecule has 0 saturated carbocycles. The highest BCUT2D eigenvalue weighted by Gasteiger charge is 2.08. The minimum Gasteiger partial charge on any atom is -0.469 e. The molecule has 0 fully saturated rings. The Labute approximate surface area is 88.3 Å². The average molecular weight is 204 g/mol. The molecule has 1 aromatic carbocycles. The van der Waals surface area contributed by atoms with Gasteiger partial charge in [-0.3, -0.25) is 4.79 Å². The van der Waals surface area contributed by atoms with Gasteiger partial charge in [0.1, 0.15) is 0 Å². The average Bonchev–Trinajstić information content (AvgIpc) is 2.22. The first-order chi connectivity index (χ1) is 7.08. The van der Waals surface area contributed by atoms with Crippen LogP contribution in [-0.2, 0) is 16.0 Å². The standard InChI is InChI=1S/C11H12N2O2/c1-7-9(6-12)3-8(4-10(7)13)5-11(14)15-2/h3-4H,5,13H2,1-2H3. The molecular formula is C11H12N2O2. The van der Waals surface area contributed by atoms with E-state index in [9.17, 15) is 4.79 Å². The van der Waals surface area contributed by atoms with Gasteiger partial charge in [0, 0.05) is 5.69 Å². The summed E-state index contributed by atoms with van der Waals surface area (Å²) in [6.07, 6.45) is 0.135. The summed E-state index contributed by atoms with van der Waals surface area (Å²) in [4.78, 5) is 11.0. The molecule has 0 amide bonds. The molecule has 1 aromatic rings. The first-order valence-corrected chi connectivity index (χ1v) is 4.44. The number of anilines is 1. The third kappa shape index (κ3) is 2.47. The van der Waals surface area contributed by atoms with Crippen molar-refractivity contribution in [2.45, 2.75) is 13.3 Å². The molecule has 0 radical (unpaired) electrons. The Hall–Kier alpha value is -2.02. The van der Waals surface area contributed by atoms with E-state index in [1.807, 2.05) is 6.07 Å². The fourth-order valence-corrected chi connectivity index (χ4v) is 1.26. The van der Waals surface area contributed by atoms with Gasteiger partial charge < -0.3 is 10.5 Å². The predicted octanol–water partition coefficient (Wildman–Crippen LogP) is 1.16. The maximum absolute atomic E-state index is 11.0. The van der Waals surface area contributed by atoms with Crippen LogP contribution in [0.3, 0.4) is 0 Å². The minimum absolute atomic E-state index is 0.135. The van der Waals surface area contributed by atoms with E-state index in [1.165, 1.54) is 7.11 Å². The zero-order chi connectivity index (χ0) is 11.4. The van der Waals surface area contributed by atoms with Gasteiger partial charge in [-0.15, -0.1) is 0 Å². The summed E-state index contributed by atoms with van der Waals surface area (Å²) >= 11 is 0. The third-order valence-corrected chi connectivity index (χ3v) is 2.20. The van der Waals surface area contributed by atoms with Crippen LogP contribution in [0.15, 0.2) is 12.1 Å². The Kier molecular flexibility index (Phi) is 3.29. The molecule has 0 aliphatic rings. The van der Waals surface area contributed by atoms with E-state index in [2.05, 4.69) is 4.74 Å². The van der Waals surface area contributed by atoms with Crippen molar-refractivity contribution in [1.29, 1.82) is 5.26 Å². The molecule has 0 unspecified atom stereocenters. The fourth-order valence-electron chi connectivity index (χ4n) is 1.26. The van der Waals surface area contributed by atoms with Crippen LogP contribution >= 0.6 is 0 Å². The highest BCUT2D eigenvalue weighted by molar-refractivity contribution is 5.73. The lowest BCUT2D eigenvalue weighted by molar-refractivity contribution is -0.139. The number of benzene rings is 1. The van der Waals surface area contributed by atoms with Crippen molar-refractivity contribution >= 4 is 11.7 Å². The van der Waals surface area contributed by atoms with Gasteiger partial charge in [0.15, 0.2) is 0 Å². The summed E-state index contributed by atoms with van der Waals surface area (Å²) in [5, 5.41) is 8.84. The Morgan fingerprint density at radius 3 is 2.80 bits per heavy atom. The zero-order valence-electron chi connectivity index (χ0n) is 8.70. The number of hydrogen-bond acceptors (Lipinski definition) is 4.